The quantitative estimate of drug-likeness (QED) is 0.379. The van der Waals surface area contributed by atoms with E-state index in [-0.39, 0.29) is 17.8 Å². The predicted octanol–water partition coefficient (Wildman–Crippen LogP) is 2.64. The second-order valence-electron chi connectivity index (χ2n) is 4.92. The second kappa shape index (κ2) is 7.14. The molecule has 0 heterocycles. The van der Waals surface area contributed by atoms with Gasteiger partial charge in [-0.1, -0.05) is 22.8 Å². The van der Waals surface area contributed by atoms with Crippen LogP contribution in [0.2, 0.25) is 5.02 Å². The Balaban J connectivity index is 2.94. The molecule has 0 bridgehead atoms. The minimum Gasteiger partial charge on any atom is -0.409 e. The number of carbonyl (C=O) groups excluding carboxylic acids is 1. The van der Waals surface area contributed by atoms with Crippen molar-refractivity contribution in [3.8, 4) is 0 Å². The van der Waals surface area contributed by atoms with Gasteiger partial charge in [-0.3, -0.25) is 4.79 Å². The first-order valence-corrected chi connectivity index (χ1v) is 6.78. The number of oxime groups is 1. The van der Waals surface area contributed by atoms with Crippen LogP contribution in [0.3, 0.4) is 0 Å². The summed E-state index contributed by atoms with van der Waals surface area (Å²) < 4.78 is 0. The number of amides is 1. The summed E-state index contributed by atoms with van der Waals surface area (Å²) in [6, 6.07) is 5.32. The first-order chi connectivity index (χ1) is 9.36. The van der Waals surface area contributed by atoms with Crippen LogP contribution in [0.15, 0.2) is 23.4 Å². The van der Waals surface area contributed by atoms with Crippen molar-refractivity contribution in [2.45, 2.75) is 33.2 Å². The maximum atomic E-state index is 12.5. The largest absolute Gasteiger partial charge is 0.409 e. The van der Waals surface area contributed by atoms with E-state index >= 15 is 0 Å². The van der Waals surface area contributed by atoms with Crippen molar-refractivity contribution in [3.63, 3.8) is 0 Å². The molecule has 1 aromatic rings. The van der Waals surface area contributed by atoms with E-state index in [2.05, 4.69) is 5.16 Å². The summed E-state index contributed by atoms with van der Waals surface area (Å²) in [5.74, 6) is -0.0609. The molecular weight excluding hydrogens is 278 g/mol. The summed E-state index contributed by atoms with van der Waals surface area (Å²) in [5, 5.41) is 11.9. The molecule has 0 saturated heterocycles. The van der Waals surface area contributed by atoms with Gasteiger partial charge in [-0.05, 0) is 38.5 Å². The van der Waals surface area contributed by atoms with Crippen LogP contribution in [0.4, 0.5) is 0 Å². The fraction of sp³-hybridized carbons (Fsp3) is 0.429. The highest BCUT2D eigenvalue weighted by atomic mass is 35.5. The van der Waals surface area contributed by atoms with E-state index in [0.29, 0.717) is 23.6 Å². The van der Waals surface area contributed by atoms with Gasteiger partial charge < -0.3 is 15.8 Å². The minimum atomic E-state index is -0.157. The van der Waals surface area contributed by atoms with Gasteiger partial charge in [0.05, 0.1) is 10.6 Å². The van der Waals surface area contributed by atoms with Crippen LogP contribution in [-0.4, -0.2) is 34.4 Å². The van der Waals surface area contributed by atoms with Crippen molar-refractivity contribution in [1.29, 1.82) is 0 Å². The topological polar surface area (TPSA) is 78.9 Å². The zero-order valence-electron chi connectivity index (χ0n) is 11.9. The Morgan fingerprint density at radius 1 is 1.50 bits per heavy atom. The van der Waals surface area contributed by atoms with Crippen molar-refractivity contribution in [3.05, 3.63) is 34.3 Å². The maximum absolute atomic E-state index is 12.5. The third-order valence-electron chi connectivity index (χ3n) is 2.98. The van der Waals surface area contributed by atoms with Gasteiger partial charge in [-0.25, -0.2) is 0 Å². The summed E-state index contributed by atoms with van der Waals surface area (Å²) >= 11 is 6.13. The number of hydrogen-bond acceptors (Lipinski definition) is 3. The van der Waals surface area contributed by atoms with Gasteiger partial charge in [0.15, 0.2) is 0 Å². The summed E-state index contributed by atoms with van der Waals surface area (Å²) in [6.07, 6.45) is 0.309. The third kappa shape index (κ3) is 4.13. The van der Waals surface area contributed by atoms with Crippen LogP contribution in [0.5, 0.6) is 0 Å². The minimum absolute atomic E-state index is 0.00800. The SMILES string of the molecule is Cc1ccc(C(=O)N(CC/C(N)=N/O)C(C)C)c(Cl)c1. The number of carbonyl (C=O) groups is 1. The molecule has 6 heteroatoms. The molecule has 0 radical (unpaired) electrons. The Kier molecular flexibility index (Phi) is 5.82. The van der Waals surface area contributed by atoms with Gasteiger partial charge in [0, 0.05) is 19.0 Å². The lowest BCUT2D eigenvalue weighted by atomic mass is 10.1. The standard InChI is InChI=1S/C14H20ClN3O2/c1-9(2)18(7-6-13(16)17-20)14(19)11-5-4-10(3)8-12(11)15/h4-5,8-9,20H,6-7H2,1-3H3,(H2,16,17). The lowest BCUT2D eigenvalue weighted by Gasteiger charge is -2.27. The Hall–Kier alpha value is -1.75. The number of nitrogens with zero attached hydrogens (tertiary/aromatic N) is 2. The summed E-state index contributed by atoms with van der Waals surface area (Å²) in [5.41, 5.74) is 6.91. The number of halogens is 1. The van der Waals surface area contributed by atoms with Gasteiger partial charge in [0.2, 0.25) is 0 Å². The molecule has 0 atom stereocenters. The summed E-state index contributed by atoms with van der Waals surface area (Å²) in [4.78, 5) is 14.2. The lowest BCUT2D eigenvalue weighted by molar-refractivity contribution is 0.0711. The predicted molar refractivity (Wildman–Crippen MR) is 80.4 cm³/mol. The van der Waals surface area contributed by atoms with Crippen LogP contribution in [0, 0.1) is 6.92 Å². The van der Waals surface area contributed by atoms with Gasteiger partial charge in [-0.2, -0.15) is 0 Å². The van der Waals surface area contributed by atoms with Gasteiger partial charge in [0.1, 0.15) is 5.84 Å². The fourth-order valence-electron chi connectivity index (χ4n) is 1.83. The molecule has 0 aromatic heterocycles. The highest BCUT2D eigenvalue weighted by molar-refractivity contribution is 6.33. The zero-order chi connectivity index (χ0) is 15.3. The summed E-state index contributed by atoms with van der Waals surface area (Å²) in [7, 11) is 0. The second-order valence-corrected chi connectivity index (χ2v) is 5.32. The average molecular weight is 298 g/mol. The number of amidine groups is 1. The molecule has 0 saturated carbocycles. The molecule has 1 amide bonds. The normalized spacial score (nSPS) is 11.8. The molecule has 0 spiro atoms. The summed E-state index contributed by atoms with van der Waals surface area (Å²) in [6.45, 7) is 6.11. The molecule has 0 aliphatic heterocycles. The van der Waals surface area contributed by atoms with E-state index in [1.54, 1.807) is 17.0 Å². The smallest absolute Gasteiger partial charge is 0.255 e. The average Bonchev–Trinajstić information content (AvgIpc) is 2.37. The van der Waals surface area contributed by atoms with Crippen LogP contribution >= 0.6 is 11.6 Å². The molecule has 3 N–H and O–H groups in total. The first-order valence-electron chi connectivity index (χ1n) is 6.40. The number of nitrogens with two attached hydrogens (primary N) is 1. The van der Waals surface area contributed by atoms with E-state index in [1.165, 1.54) is 0 Å². The monoisotopic (exact) mass is 297 g/mol. The van der Waals surface area contributed by atoms with E-state index in [9.17, 15) is 4.79 Å². The highest BCUT2D eigenvalue weighted by Gasteiger charge is 2.21. The van der Waals surface area contributed by atoms with Crippen molar-refractivity contribution in [1.82, 2.24) is 4.90 Å². The molecule has 5 nitrogen and oxygen atoms in total. The van der Waals surface area contributed by atoms with Crippen LogP contribution in [0.25, 0.3) is 0 Å². The van der Waals surface area contributed by atoms with Crippen LogP contribution < -0.4 is 5.73 Å². The molecule has 0 aliphatic rings. The Morgan fingerprint density at radius 3 is 2.65 bits per heavy atom. The Morgan fingerprint density at radius 2 is 2.15 bits per heavy atom. The van der Waals surface area contributed by atoms with Crippen LogP contribution in [-0.2, 0) is 0 Å². The van der Waals surface area contributed by atoms with Gasteiger partial charge >= 0.3 is 0 Å². The maximum Gasteiger partial charge on any atom is 0.255 e. The molecule has 1 rings (SSSR count). The zero-order valence-corrected chi connectivity index (χ0v) is 12.7. The Labute approximate surface area is 124 Å². The number of hydrogen-bond donors (Lipinski definition) is 2. The molecule has 1 aromatic carbocycles. The number of benzene rings is 1. The number of rotatable bonds is 5. The van der Waals surface area contributed by atoms with E-state index < -0.39 is 0 Å². The van der Waals surface area contributed by atoms with Crippen molar-refractivity contribution < 1.29 is 10.0 Å². The number of aryl methyl sites for hydroxylation is 1. The third-order valence-corrected chi connectivity index (χ3v) is 3.29. The van der Waals surface area contributed by atoms with Crippen molar-refractivity contribution in [2.75, 3.05) is 6.54 Å². The molecule has 0 fully saturated rings. The van der Waals surface area contributed by atoms with Crippen molar-refractivity contribution in [2.24, 2.45) is 10.9 Å². The molecule has 0 aliphatic carbocycles. The van der Waals surface area contributed by atoms with E-state index in [1.807, 2.05) is 26.8 Å². The first kappa shape index (κ1) is 16.3. The Bertz CT molecular complexity index is 515. The lowest BCUT2D eigenvalue weighted by Crippen LogP contribution is -2.39. The van der Waals surface area contributed by atoms with Crippen LogP contribution in [0.1, 0.15) is 36.2 Å². The highest BCUT2D eigenvalue weighted by Crippen LogP contribution is 2.20. The molecule has 0 unspecified atom stereocenters. The fourth-order valence-corrected chi connectivity index (χ4v) is 2.14. The molecule has 110 valence electrons. The van der Waals surface area contributed by atoms with Gasteiger partial charge in [-0.15, -0.1) is 0 Å². The molecular formula is C14H20ClN3O2. The van der Waals surface area contributed by atoms with E-state index in [4.69, 9.17) is 22.5 Å². The van der Waals surface area contributed by atoms with Gasteiger partial charge in [0.25, 0.3) is 5.91 Å². The van der Waals surface area contributed by atoms with E-state index in [0.717, 1.165) is 5.56 Å². The van der Waals surface area contributed by atoms with Crippen molar-refractivity contribution >= 4 is 23.3 Å². The molecule has 20 heavy (non-hydrogen) atoms.